The van der Waals surface area contributed by atoms with Crippen molar-refractivity contribution in [3.05, 3.63) is 23.8 Å². The summed E-state index contributed by atoms with van der Waals surface area (Å²) in [7, 11) is 3.32. The first-order valence-corrected chi connectivity index (χ1v) is 6.99. The maximum Gasteiger partial charge on any atom is 0.221 e. The van der Waals surface area contributed by atoms with Gasteiger partial charge in [0.05, 0.1) is 12.8 Å². The van der Waals surface area contributed by atoms with Crippen LogP contribution in [-0.2, 0) is 11.3 Å². The Morgan fingerprint density at radius 2 is 2.05 bits per heavy atom. The Labute approximate surface area is 149 Å². The zero-order valence-corrected chi connectivity index (χ0v) is 15.9. The third-order valence-electron chi connectivity index (χ3n) is 2.80. The van der Waals surface area contributed by atoms with Crippen LogP contribution in [0, 0.1) is 0 Å². The molecule has 0 saturated carbocycles. The van der Waals surface area contributed by atoms with Gasteiger partial charge in [0.15, 0.2) is 5.96 Å². The zero-order chi connectivity index (χ0) is 15.7. The first kappa shape index (κ1) is 20.5. The molecular weight excluding hydrogens is 395 g/mol. The van der Waals surface area contributed by atoms with Crippen molar-refractivity contribution < 1.29 is 9.53 Å². The molecule has 1 amide bonds. The molecule has 0 atom stereocenters. The lowest BCUT2D eigenvalue weighted by molar-refractivity contribution is -0.114. The molecule has 0 radical (unpaired) electrons. The molecule has 0 fully saturated rings. The van der Waals surface area contributed by atoms with Gasteiger partial charge in [0.1, 0.15) is 5.75 Å². The van der Waals surface area contributed by atoms with Gasteiger partial charge in [0.2, 0.25) is 5.91 Å². The van der Waals surface area contributed by atoms with Crippen LogP contribution in [0.25, 0.3) is 0 Å². The van der Waals surface area contributed by atoms with Gasteiger partial charge in [-0.15, -0.1) is 24.0 Å². The van der Waals surface area contributed by atoms with Gasteiger partial charge in [-0.25, -0.2) is 0 Å². The molecule has 0 spiro atoms. The van der Waals surface area contributed by atoms with E-state index in [-0.39, 0.29) is 29.9 Å². The lowest BCUT2D eigenvalue weighted by atomic mass is 10.2. The molecule has 0 heterocycles. The highest BCUT2D eigenvalue weighted by Crippen LogP contribution is 2.25. The summed E-state index contributed by atoms with van der Waals surface area (Å²) in [4.78, 5) is 15.4. The number of methoxy groups -OCH3 is 1. The van der Waals surface area contributed by atoms with Crippen molar-refractivity contribution in [2.75, 3.05) is 26.0 Å². The molecule has 0 unspecified atom stereocenters. The molecule has 1 rings (SSSR count). The van der Waals surface area contributed by atoms with Crippen molar-refractivity contribution in [1.29, 1.82) is 0 Å². The maximum absolute atomic E-state index is 11.2. The highest BCUT2D eigenvalue weighted by atomic mass is 127. The highest BCUT2D eigenvalue weighted by molar-refractivity contribution is 14.0. The third kappa shape index (κ3) is 6.97. The molecule has 124 valence electrons. The normalized spacial score (nSPS) is 10.5. The maximum atomic E-state index is 11.2. The van der Waals surface area contributed by atoms with E-state index in [4.69, 9.17) is 4.74 Å². The minimum absolute atomic E-state index is 0. The molecule has 3 N–H and O–H groups in total. The fourth-order valence-corrected chi connectivity index (χ4v) is 1.80. The second-order valence-electron chi connectivity index (χ2n) is 4.57. The van der Waals surface area contributed by atoms with Crippen LogP contribution < -0.4 is 20.7 Å². The summed E-state index contributed by atoms with van der Waals surface area (Å²) in [6.45, 7) is 5.06. The summed E-state index contributed by atoms with van der Waals surface area (Å²) < 4.78 is 5.23. The lowest BCUT2D eigenvalue weighted by Crippen LogP contribution is -2.37. The number of carbonyl (C=O) groups is 1. The molecule has 1 aromatic rings. The van der Waals surface area contributed by atoms with Crippen LogP contribution in [0.1, 0.15) is 25.8 Å². The van der Waals surface area contributed by atoms with Gasteiger partial charge < -0.3 is 20.7 Å². The van der Waals surface area contributed by atoms with Gasteiger partial charge in [0.25, 0.3) is 0 Å². The highest BCUT2D eigenvalue weighted by Gasteiger charge is 2.06. The Morgan fingerprint density at radius 3 is 2.59 bits per heavy atom. The fourth-order valence-electron chi connectivity index (χ4n) is 1.80. The summed E-state index contributed by atoms with van der Waals surface area (Å²) >= 11 is 0. The average molecular weight is 420 g/mol. The molecule has 0 aliphatic rings. The smallest absolute Gasteiger partial charge is 0.221 e. The number of hydrogen-bond donors (Lipinski definition) is 3. The van der Waals surface area contributed by atoms with Crippen LogP contribution in [-0.4, -0.2) is 32.6 Å². The van der Waals surface area contributed by atoms with E-state index in [1.807, 2.05) is 18.2 Å². The Morgan fingerprint density at radius 1 is 1.32 bits per heavy atom. The van der Waals surface area contributed by atoms with Crippen LogP contribution >= 0.6 is 24.0 Å². The Kier molecular flexibility index (Phi) is 10.3. The lowest BCUT2D eigenvalue weighted by Gasteiger charge is -2.13. The van der Waals surface area contributed by atoms with Gasteiger partial charge in [-0.2, -0.15) is 0 Å². The molecule has 0 saturated heterocycles. The molecule has 0 bridgehead atoms. The van der Waals surface area contributed by atoms with E-state index in [9.17, 15) is 4.79 Å². The van der Waals surface area contributed by atoms with E-state index in [1.165, 1.54) is 6.92 Å². The van der Waals surface area contributed by atoms with E-state index >= 15 is 0 Å². The van der Waals surface area contributed by atoms with Crippen molar-refractivity contribution in [1.82, 2.24) is 10.6 Å². The van der Waals surface area contributed by atoms with Crippen LogP contribution in [0.15, 0.2) is 23.2 Å². The number of ether oxygens (including phenoxy) is 1. The molecule has 1 aromatic carbocycles. The first-order valence-electron chi connectivity index (χ1n) is 6.99. The van der Waals surface area contributed by atoms with E-state index < -0.39 is 0 Å². The fraction of sp³-hybridized carbons (Fsp3) is 0.467. The van der Waals surface area contributed by atoms with Gasteiger partial charge in [-0.1, -0.05) is 13.0 Å². The number of halogens is 1. The first-order chi connectivity index (χ1) is 10.1. The average Bonchev–Trinajstić information content (AvgIpc) is 2.47. The number of benzene rings is 1. The van der Waals surface area contributed by atoms with Crippen LogP contribution in [0.2, 0.25) is 0 Å². The minimum atomic E-state index is -0.126. The Bertz CT molecular complexity index is 506. The van der Waals surface area contributed by atoms with Crippen LogP contribution in [0.5, 0.6) is 5.75 Å². The molecule has 0 aliphatic heterocycles. The van der Waals surface area contributed by atoms with Gasteiger partial charge in [-0.3, -0.25) is 9.79 Å². The molecule has 6 nitrogen and oxygen atoms in total. The summed E-state index contributed by atoms with van der Waals surface area (Å²) in [5.74, 6) is 1.27. The Balaban J connectivity index is 0.00000441. The number of amides is 1. The van der Waals surface area contributed by atoms with Crippen molar-refractivity contribution in [3.8, 4) is 5.75 Å². The number of carbonyl (C=O) groups excluding carboxylic acids is 1. The molecule has 7 heteroatoms. The third-order valence-corrected chi connectivity index (χ3v) is 2.80. The van der Waals surface area contributed by atoms with Crippen molar-refractivity contribution in [2.24, 2.45) is 4.99 Å². The van der Waals surface area contributed by atoms with Gasteiger partial charge >= 0.3 is 0 Å². The van der Waals surface area contributed by atoms with E-state index in [0.717, 1.165) is 24.5 Å². The topological polar surface area (TPSA) is 74.8 Å². The van der Waals surface area contributed by atoms with Crippen molar-refractivity contribution in [3.63, 3.8) is 0 Å². The van der Waals surface area contributed by atoms with Crippen LogP contribution in [0.3, 0.4) is 0 Å². The molecular formula is C15H25IN4O2. The zero-order valence-electron chi connectivity index (χ0n) is 13.5. The number of nitrogens with one attached hydrogen (secondary N) is 3. The SMILES string of the molecule is CCCNC(=NC)NCc1ccc(OC)c(NC(C)=O)c1.I. The van der Waals surface area contributed by atoms with Crippen molar-refractivity contribution in [2.45, 2.75) is 26.8 Å². The second kappa shape index (κ2) is 11.1. The number of rotatable bonds is 6. The standard InChI is InChI=1S/C15H24N4O2.HI/c1-5-8-17-15(16-3)18-10-12-6-7-14(21-4)13(9-12)19-11(2)20;/h6-7,9H,5,8,10H2,1-4H3,(H,19,20)(H2,16,17,18);1H. The van der Waals surface area contributed by atoms with Crippen molar-refractivity contribution >= 4 is 41.5 Å². The van der Waals surface area contributed by atoms with Gasteiger partial charge in [0, 0.05) is 27.1 Å². The summed E-state index contributed by atoms with van der Waals surface area (Å²) in [6.07, 6.45) is 1.04. The number of anilines is 1. The summed E-state index contributed by atoms with van der Waals surface area (Å²) in [5, 5.41) is 9.19. The largest absolute Gasteiger partial charge is 0.495 e. The molecule has 0 aromatic heterocycles. The number of aliphatic imine (C=N–C) groups is 1. The van der Waals surface area contributed by atoms with E-state index in [0.29, 0.717) is 18.0 Å². The van der Waals surface area contributed by atoms with E-state index in [2.05, 4.69) is 27.9 Å². The second-order valence-corrected chi connectivity index (χ2v) is 4.57. The quantitative estimate of drug-likeness (QED) is 0.375. The summed E-state index contributed by atoms with van der Waals surface area (Å²) in [6, 6.07) is 5.68. The van der Waals surface area contributed by atoms with E-state index in [1.54, 1.807) is 14.2 Å². The number of guanidine groups is 1. The number of hydrogen-bond acceptors (Lipinski definition) is 3. The predicted octanol–water partition coefficient (Wildman–Crippen LogP) is 2.35. The molecule has 22 heavy (non-hydrogen) atoms. The van der Waals surface area contributed by atoms with Crippen LogP contribution in [0.4, 0.5) is 5.69 Å². The monoisotopic (exact) mass is 420 g/mol. The summed E-state index contributed by atoms with van der Waals surface area (Å²) in [5.41, 5.74) is 1.69. The number of nitrogens with zero attached hydrogens (tertiary/aromatic N) is 1. The predicted molar refractivity (Wildman–Crippen MR) is 101 cm³/mol. The minimum Gasteiger partial charge on any atom is -0.495 e. The Hall–Kier alpha value is -1.51. The van der Waals surface area contributed by atoms with Gasteiger partial charge in [-0.05, 0) is 24.1 Å². The molecule has 0 aliphatic carbocycles.